The van der Waals surface area contributed by atoms with Crippen LogP contribution in [-0.4, -0.2) is 32.1 Å². The van der Waals surface area contributed by atoms with Crippen LogP contribution in [0.25, 0.3) is 0 Å². The predicted molar refractivity (Wildman–Crippen MR) is 86.6 cm³/mol. The maximum atomic E-state index is 11.7. The van der Waals surface area contributed by atoms with Gasteiger partial charge >= 0.3 is 0 Å². The molecule has 0 aliphatic carbocycles. The van der Waals surface area contributed by atoms with E-state index >= 15 is 0 Å². The Bertz CT molecular complexity index is 395. The van der Waals surface area contributed by atoms with Gasteiger partial charge in [0.15, 0.2) is 0 Å². The summed E-state index contributed by atoms with van der Waals surface area (Å²) in [6, 6.07) is 10.2. The summed E-state index contributed by atoms with van der Waals surface area (Å²) in [4.78, 5) is 11.7. The third-order valence-corrected chi connectivity index (χ3v) is 3.56. The van der Waals surface area contributed by atoms with Crippen molar-refractivity contribution < 1.29 is 9.53 Å². The first-order chi connectivity index (χ1) is 9.86. The Balaban J connectivity index is 0.00000220. The molecule has 1 aliphatic heterocycles. The molecule has 0 radical (unpaired) electrons. The summed E-state index contributed by atoms with van der Waals surface area (Å²) >= 11 is 0. The van der Waals surface area contributed by atoms with Gasteiger partial charge in [-0.15, -0.1) is 12.4 Å². The Morgan fingerprint density at radius 3 is 2.81 bits per heavy atom. The van der Waals surface area contributed by atoms with Crippen molar-refractivity contribution in [2.75, 3.05) is 26.2 Å². The maximum absolute atomic E-state index is 11.7. The van der Waals surface area contributed by atoms with Crippen LogP contribution >= 0.6 is 12.4 Å². The number of hydrogen-bond acceptors (Lipinski definition) is 3. The average Bonchev–Trinajstić information content (AvgIpc) is 3.01. The number of carbonyl (C=O) groups excluding carboxylic acids is 1. The number of unbranched alkanes of at least 4 members (excludes halogenated alkanes) is 1. The van der Waals surface area contributed by atoms with Gasteiger partial charge in [-0.2, -0.15) is 0 Å². The predicted octanol–water partition coefficient (Wildman–Crippen LogP) is 2.13. The van der Waals surface area contributed by atoms with E-state index in [4.69, 9.17) is 4.74 Å². The number of nitrogens with one attached hydrogen (secondary N) is 2. The molecular formula is C16H25ClN2O2. The Morgan fingerprint density at radius 2 is 2.10 bits per heavy atom. The summed E-state index contributed by atoms with van der Waals surface area (Å²) in [7, 11) is 0. The van der Waals surface area contributed by atoms with Crippen molar-refractivity contribution in [1.29, 1.82) is 0 Å². The number of carbonyl (C=O) groups is 1. The van der Waals surface area contributed by atoms with E-state index in [0.29, 0.717) is 6.61 Å². The maximum Gasteiger partial charge on any atom is 0.224 e. The molecule has 1 amide bonds. The lowest BCUT2D eigenvalue weighted by Crippen LogP contribution is -2.32. The van der Waals surface area contributed by atoms with Crippen LogP contribution < -0.4 is 10.6 Å². The SMILES string of the molecule is Cl.O=C(NCCCCOCc1ccccc1)C1CCNC1. The van der Waals surface area contributed by atoms with Gasteiger partial charge in [0.2, 0.25) is 5.91 Å². The van der Waals surface area contributed by atoms with Gasteiger partial charge < -0.3 is 15.4 Å². The molecule has 0 spiro atoms. The number of halogens is 1. The minimum absolute atomic E-state index is 0. The average molecular weight is 313 g/mol. The Labute approximate surface area is 133 Å². The molecule has 21 heavy (non-hydrogen) atoms. The fourth-order valence-electron chi connectivity index (χ4n) is 2.33. The van der Waals surface area contributed by atoms with Crippen LogP contribution in [0, 0.1) is 5.92 Å². The minimum Gasteiger partial charge on any atom is -0.377 e. The molecule has 0 aromatic heterocycles. The van der Waals surface area contributed by atoms with Crippen LogP contribution in [0.5, 0.6) is 0 Å². The lowest BCUT2D eigenvalue weighted by molar-refractivity contribution is -0.124. The van der Waals surface area contributed by atoms with E-state index in [1.165, 1.54) is 5.56 Å². The highest BCUT2D eigenvalue weighted by Crippen LogP contribution is 2.07. The number of benzene rings is 1. The second-order valence-corrected chi connectivity index (χ2v) is 5.23. The summed E-state index contributed by atoms with van der Waals surface area (Å²) in [6.07, 6.45) is 2.92. The fourth-order valence-corrected chi connectivity index (χ4v) is 2.33. The Morgan fingerprint density at radius 1 is 1.29 bits per heavy atom. The molecular weight excluding hydrogens is 288 g/mol. The van der Waals surface area contributed by atoms with Gasteiger partial charge in [-0.25, -0.2) is 0 Å². The standard InChI is InChI=1S/C16H24N2O2.ClH/c19-16(15-8-10-17-12-15)18-9-4-5-11-20-13-14-6-2-1-3-7-14;/h1-3,6-7,15,17H,4-5,8-13H2,(H,18,19);1H. The molecule has 0 saturated carbocycles. The first-order valence-electron chi connectivity index (χ1n) is 7.46. The topological polar surface area (TPSA) is 50.4 Å². The van der Waals surface area contributed by atoms with Crippen LogP contribution in [0.3, 0.4) is 0 Å². The minimum atomic E-state index is 0. The van der Waals surface area contributed by atoms with E-state index in [1.54, 1.807) is 0 Å². The number of hydrogen-bond donors (Lipinski definition) is 2. The van der Waals surface area contributed by atoms with E-state index in [-0.39, 0.29) is 24.2 Å². The molecule has 1 aromatic carbocycles. The highest BCUT2D eigenvalue weighted by atomic mass is 35.5. The van der Waals surface area contributed by atoms with Crippen molar-refractivity contribution in [3.05, 3.63) is 35.9 Å². The third-order valence-electron chi connectivity index (χ3n) is 3.56. The van der Waals surface area contributed by atoms with Crippen molar-refractivity contribution in [2.24, 2.45) is 5.92 Å². The molecule has 0 bridgehead atoms. The quantitative estimate of drug-likeness (QED) is 0.723. The fraction of sp³-hybridized carbons (Fsp3) is 0.562. The zero-order chi connectivity index (χ0) is 14.0. The molecule has 118 valence electrons. The van der Waals surface area contributed by atoms with Crippen molar-refractivity contribution >= 4 is 18.3 Å². The van der Waals surface area contributed by atoms with E-state index in [1.807, 2.05) is 18.2 Å². The first-order valence-corrected chi connectivity index (χ1v) is 7.46. The number of amides is 1. The molecule has 2 N–H and O–H groups in total. The smallest absolute Gasteiger partial charge is 0.224 e. The van der Waals surface area contributed by atoms with Gasteiger partial charge in [0.05, 0.1) is 12.5 Å². The normalized spacial score (nSPS) is 17.2. The van der Waals surface area contributed by atoms with Crippen molar-refractivity contribution in [3.63, 3.8) is 0 Å². The van der Waals surface area contributed by atoms with Crippen molar-refractivity contribution in [2.45, 2.75) is 25.9 Å². The van der Waals surface area contributed by atoms with E-state index < -0.39 is 0 Å². The summed E-state index contributed by atoms with van der Waals surface area (Å²) in [5, 5.41) is 6.20. The summed E-state index contributed by atoms with van der Waals surface area (Å²) in [5.74, 6) is 0.365. The summed E-state index contributed by atoms with van der Waals surface area (Å²) in [5.41, 5.74) is 1.20. The molecule has 1 heterocycles. The van der Waals surface area contributed by atoms with Crippen LogP contribution in [0.4, 0.5) is 0 Å². The van der Waals surface area contributed by atoms with Crippen molar-refractivity contribution in [3.8, 4) is 0 Å². The van der Waals surface area contributed by atoms with Crippen LogP contribution in [0.15, 0.2) is 30.3 Å². The highest BCUT2D eigenvalue weighted by Gasteiger charge is 2.21. The number of rotatable bonds is 8. The van der Waals surface area contributed by atoms with Gasteiger partial charge in [-0.05, 0) is 31.4 Å². The monoisotopic (exact) mass is 312 g/mol. The zero-order valence-corrected chi connectivity index (χ0v) is 13.2. The highest BCUT2D eigenvalue weighted by molar-refractivity contribution is 5.85. The molecule has 1 atom stereocenters. The lowest BCUT2D eigenvalue weighted by Gasteiger charge is -2.09. The van der Waals surface area contributed by atoms with Gasteiger partial charge in [0, 0.05) is 19.7 Å². The van der Waals surface area contributed by atoms with E-state index in [0.717, 1.165) is 45.5 Å². The number of ether oxygens (including phenoxy) is 1. The largest absolute Gasteiger partial charge is 0.377 e. The Hall–Kier alpha value is -1.10. The molecule has 1 saturated heterocycles. The molecule has 2 rings (SSSR count). The van der Waals surface area contributed by atoms with Gasteiger partial charge in [-0.1, -0.05) is 30.3 Å². The third kappa shape index (κ3) is 6.93. The van der Waals surface area contributed by atoms with E-state index in [9.17, 15) is 4.79 Å². The zero-order valence-electron chi connectivity index (χ0n) is 12.3. The molecule has 1 aromatic rings. The van der Waals surface area contributed by atoms with Gasteiger partial charge in [0.1, 0.15) is 0 Å². The van der Waals surface area contributed by atoms with Crippen LogP contribution in [0.1, 0.15) is 24.8 Å². The van der Waals surface area contributed by atoms with E-state index in [2.05, 4.69) is 22.8 Å². The molecule has 4 nitrogen and oxygen atoms in total. The molecule has 1 fully saturated rings. The lowest BCUT2D eigenvalue weighted by atomic mass is 10.1. The Kier molecular flexibility index (Phi) is 9.06. The second kappa shape index (κ2) is 10.6. The molecule has 1 aliphatic rings. The summed E-state index contributed by atoms with van der Waals surface area (Å²) in [6.45, 7) is 3.96. The van der Waals surface area contributed by atoms with Crippen LogP contribution in [-0.2, 0) is 16.1 Å². The summed E-state index contributed by atoms with van der Waals surface area (Å²) < 4.78 is 5.60. The second-order valence-electron chi connectivity index (χ2n) is 5.23. The molecule has 1 unspecified atom stereocenters. The van der Waals surface area contributed by atoms with Crippen LogP contribution in [0.2, 0.25) is 0 Å². The van der Waals surface area contributed by atoms with Crippen molar-refractivity contribution in [1.82, 2.24) is 10.6 Å². The van der Waals surface area contributed by atoms with Gasteiger partial charge in [-0.3, -0.25) is 4.79 Å². The molecule has 5 heteroatoms. The first kappa shape index (κ1) is 18.0. The van der Waals surface area contributed by atoms with Gasteiger partial charge in [0.25, 0.3) is 0 Å².